The third-order valence-corrected chi connectivity index (χ3v) is 4.61. The van der Waals surface area contributed by atoms with Crippen molar-refractivity contribution in [1.82, 2.24) is 5.43 Å². The molecule has 1 heterocycles. The Morgan fingerprint density at radius 3 is 2.70 bits per heavy atom. The van der Waals surface area contributed by atoms with Crippen LogP contribution in [0.3, 0.4) is 0 Å². The lowest BCUT2D eigenvalue weighted by atomic mass is 10.0. The zero-order valence-electron chi connectivity index (χ0n) is 11.1. The Morgan fingerprint density at radius 1 is 1.15 bits per heavy atom. The average molecular weight is 286 g/mol. The molecular formula is C16H15FN2S. The number of fused-ring (bicyclic) bond motifs is 1. The second-order valence-corrected chi connectivity index (χ2v) is 5.90. The lowest BCUT2D eigenvalue weighted by molar-refractivity contribution is 0.630. The maximum Gasteiger partial charge on any atom is 0.124 e. The average Bonchev–Trinajstić information content (AvgIpc) is 2.84. The monoisotopic (exact) mass is 286 g/mol. The molecule has 2 aromatic carbocycles. The van der Waals surface area contributed by atoms with Crippen LogP contribution in [-0.4, -0.2) is 0 Å². The van der Waals surface area contributed by atoms with Gasteiger partial charge in [0.25, 0.3) is 0 Å². The largest absolute Gasteiger partial charge is 0.271 e. The number of thiophene rings is 1. The third kappa shape index (κ3) is 2.33. The van der Waals surface area contributed by atoms with Gasteiger partial charge in [0.1, 0.15) is 5.82 Å². The fourth-order valence-corrected chi connectivity index (χ4v) is 3.57. The van der Waals surface area contributed by atoms with Crippen molar-refractivity contribution in [1.29, 1.82) is 0 Å². The van der Waals surface area contributed by atoms with Gasteiger partial charge in [-0.1, -0.05) is 30.3 Å². The topological polar surface area (TPSA) is 38.0 Å². The van der Waals surface area contributed by atoms with Crippen LogP contribution in [0.2, 0.25) is 0 Å². The second-order valence-electron chi connectivity index (χ2n) is 4.79. The molecule has 0 bridgehead atoms. The van der Waals surface area contributed by atoms with Crippen molar-refractivity contribution in [3.63, 3.8) is 0 Å². The number of aryl methyl sites for hydroxylation is 1. The van der Waals surface area contributed by atoms with Crippen molar-refractivity contribution >= 4 is 21.4 Å². The highest BCUT2D eigenvalue weighted by molar-refractivity contribution is 7.19. The third-order valence-electron chi connectivity index (χ3n) is 3.45. The minimum Gasteiger partial charge on any atom is -0.271 e. The van der Waals surface area contributed by atoms with Gasteiger partial charge in [0.2, 0.25) is 0 Å². The summed E-state index contributed by atoms with van der Waals surface area (Å²) in [6, 6.07) is 15.0. The van der Waals surface area contributed by atoms with Crippen molar-refractivity contribution in [2.75, 3.05) is 0 Å². The Balaban J connectivity index is 2.10. The Labute approximate surface area is 121 Å². The zero-order chi connectivity index (χ0) is 14.1. The summed E-state index contributed by atoms with van der Waals surface area (Å²) < 4.78 is 14.2. The van der Waals surface area contributed by atoms with E-state index in [-0.39, 0.29) is 11.9 Å². The summed E-state index contributed by atoms with van der Waals surface area (Å²) in [7, 11) is 0. The van der Waals surface area contributed by atoms with Gasteiger partial charge in [-0.15, -0.1) is 11.3 Å². The molecule has 3 rings (SSSR count). The van der Waals surface area contributed by atoms with E-state index in [0.29, 0.717) is 0 Å². The first kappa shape index (κ1) is 13.2. The molecule has 0 aliphatic carbocycles. The Hall–Kier alpha value is -1.75. The van der Waals surface area contributed by atoms with Crippen LogP contribution in [0.1, 0.15) is 22.0 Å². The molecule has 0 aliphatic heterocycles. The van der Waals surface area contributed by atoms with E-state index in [9.17, 15) is 4.39 Å². The first-order valence-corrected chi connectivity index (χ1v) is 7.21. The van der Waals surface area contributed by atoms with E-state index < -0.39 is 0 Å². The van der Waals surface area contributed by atoms with Gasteiger partial charge in [-0.2, -0.15) is 0 Å². The fourth-order valence-electron chi connectivity index (χ4n) is 2.40. The van der Waals surface area contributed by atoms with Crippen LogP contribution in [0.5, 0.6) is 0 Å². The summed E-state index contributed by atoms with van der Waals surface area (Å²) in [4.78, 5) is 1.09. The number of nitrogens with two attached hydrogens (primary N) is 1. The van der Waals surface area contributed by atoms with Crippen LogP contribution < -0.4 is 11.3 Å². The highest BCUT2D eigenvalue weighted by Crippen LogP contribution is 2.34. The lowest BCUT2D eigenvalue weighted by Crippen LogP contribution is -2.28. The van der Waals surface area contributed by atoms with E-state index in [1.165, 1.54) is 11.6 Å². The van der Waals surface area contributed by atoms with E-state index in [2.05, 4.69) is 30.5 Å². The molecule has 1 atom stereocenters. The molecule has 2 nitrogen and oxygen atoms in total. The van der Waals surface area contributed by atoms with E-state index in [4.69, 9.17) is 5.84 Å². The molecular weight excluding hydrogens is 271 g/mol. The van der Waals surface area contributed by atoms with Crippen molar-refractivity contribution in [2.24, 2.45) is 5.84 Å². The molecule has 0 amide bonds. The summed E-state index contributed by atoms with van der Waals surface area (Å²) in [5, 5.41) is 1.04. The second kappa shape index (κ2) is 5.32. The van der Waals surface area contributed by atoms with Crippen molar-refractivity contribution < 1.29 is 4.39 Å². The summed E-state index contributed by atoms with van der Waals surface area (Å²) >= 11 is 1.57. The van der Waals surface area contributed by atoms with Gasteiger partial charge >= 0.3 is 0 Å². The summed E-state index contributed by atoms with van der Waals surface area (Å²) in [6.45, 7) is 2.06. The standard InChI is InChI=1S/C16H15FN2S/c1-10-4-2-3-5-13(10)16(19-18)15-8-11-6-7-12(17)9-14(11)20-15/h2-9,16,19H,18H2,1H3. The van der Waals surface area contributed by atoms with Crippen LogP contribution in [-0.2, 0) is 0 Å². The summed E-state index contributed by atoms with van der Waals surface area (Å²) in [6.07, 6.45) is 0. The highest BCUT2D eigenvalue weighted by atomic mass is 32.1. The van der Waals surface area contributed by atoms with Crippen LogP contribution >= 0.6 is 11.3 Å². The van der Waals surface area contributed by atoms with Gasteiger partial charge in [0.15, 0.2) is 0 Å². The van der Waals surface area contributed by atoms with E-state index >= 15 is 0 Å². The van der Waals surface area contributed by atoms with Gasteiger partial charge in [0, 0.05) is 9.58 Å². The van der Waals surface area contributed by atoms with Crippen LogP contribution in [0.4, 0.5) is 4.39 Å². The maximum atomic E-state index is 13.3. The molecule has 0 radical (unpaired) electrons. The van der Waals surface area contributed by atoms with Crippen LogP contribution in [0.15, 0.2) is 48.5 Å². The first-order valence-electron chi connectivity index (χ1n) is 6.39. The predicted octanol–water partition coefficient (Wildman–Crippen LogP) is 3.90. The van der Waals surface area contributed by atoms with Crippen molar-refractivity contribution in [2.45, 2.75) is 13.0 Å². The Bertz CT molecular complexity index is 751. The minimum atomic E-state index is -0.209. The molecule has 0 saturated heterocycles. The molecule has 3 N–H and O–H groups in total. The van der Waals surface area contributed by atoms with Crippen LogP contribution in [0, 0.1) is 12.7 Å². The van der Waals surface area contributed by atoms with E-state index in [1.54, 1.807) is 23.5 Å². The smallest absolute Gasteiger partial charge is 0.124 e. The van der Waals surface area contributed by atoms with Crippen LogP contribution in [0.25, 0.3) is 10.1 Å². The molecule has 0 aliphatic rings. The number of rotatable bonds is 3. The van der Waals surface area contributed by atoms with Gasteiger partial charge < -0.3 is 0 Å². The summed E-state index contributed by atoms with van der Waals surface area (Å²) in [5.41, 5.74) is 5.19. The number of benzene rings is 2. The minimum absolute atomic E-state index is 0.0725. The van der Waals surface area contributed by atoms with Gasteiger partial charge in [-0.05, 0) is 41.6 Å². The molecule has 1 unspecified atom stereocenters. The van der Waals surface area contributed by atoms with Gasteiger partial charge in [0.05, 0.1) is 6.04 Å². The Morgan fingerprint density at radius 2 is 1.95 bits per heavy atom. The molecule has 1 aromatic heterocycles. The molecule has 0 spiro atoms. The van der Waals surface area contributed by atoms with Gasteiger partial charge in [-0.3, -0.25) is 5.84 Å². The quantitative estimate of drug-likeness (QED) is 0.566. The molecule has 20 heavy (non-hydrogen) atoms. The molecule has 0 fully saturated rings. The van der Waals surface area contributed by atoms with Crippen molar-refractivity contribution in [3.8, 4) is 0 Å². The normalized spacial score (nSPS) is 12.8. The number of nitrogens with one attached hydrogen (secondary N) is 1. The lowest BCUT2D eigenvalue weighted by Gasteiger charge is -2.16. The molecule has 3 aromatic rings. The van der Waals surface area contributed by atoms with Gasteiger partial charge in [-0.25, -0.2) is 9.82 Å². The highest BCUT2D eigenvalue weighted by Gasteiger charge is 2.17. The number of hydrogen-bond donors (Lipinski definition) is 2. The molecule has 0 saturated carbocycles. The number of halogens is 1. The molecule has 4 heteroatoms. The molecule has 102 valence electrons. The van der Waals surface area contributed by atoms with E-state index in [0.717, 1.165) is 20.5 Å². The predicted molar refractivity (Wildman–Crippen MR) is 82.1 cm³/mol. The van der Waals surface area contributed by atoms with E-state index in [1.807, 2.05) is 12.1 Å². The van der Waals surface area contributed by atoms with Crippen molar-refractivity contribution in [3.05, 3.63) is 70.4 Å². The maximum absolute atomic E-state index is 13.3. The Kier molecular flexibility index (Phi) is 3.53. The first-order chi connectivity index (χ1) is 9.69. The summed E-state index contributed by atoms with van der Waals surface area (Å²) in [5.74, 6) is 5.53. The fraction of sp³-hybridized carbons (Fsp3) is 0.125. The number of hydrogen-bond acceptors (Lipinski definition) is 3. The number of hydrazine groups is 1. The SMILES string of the molecule is Cc1ccccc1C(NN)c1cc2ccc(F)cc2s1. The zero-order valence-corrected chi connectivity index (χ0v) is 11.9.